The van der Waals surface area contributed by atoms with E-state index in [0.29, 0.717) is 5.56 Å². The van der Waals surface area contributed by atoms with Crippen molar-refractivity contribution in [2.45, 2.75) is 64.8 Å². The number of fused-ring (bicyclic) bond motifs is 1. The zero-order chi connectivity index (χ0) is 22.4. The van der Waals surface area contributed by atoms with Crippen molar-refractivity contribution in [1.29, 1.82) is 5.26 Å². The van der Waals surface area contributed by atoms with Crippen molar-refractivity contribution in [2.24, 2.45) is 0 Å². The van der Waals surface area contributed by atoms with Crippen LogP contribution in [0.25, 0.3) is 0 Å². The Hall–Kier alpha value is -2.36. The summed E-state index contributed by atoms with van der Waals surface area (Å²) in [5.41, 5.74) is 3.63. The van der Waals surface area contributed by atoms with Crippen LogP contribution in [0.4, 0.5) is 13.2 Å². The number of hydrogen-bond acceptors (Lipinski definition) is 3. The van der Waals surface area contributed by atoms with Crippen molar-refractivity contribution in [2.75, 3.05) is 13.1 Å². The molecule has 0 aliphatic heterocycles. The molecule has 0 radical (unpaired) electrons. The molecule has 0 amide bonds. The highest BCUT2D eigenvalue weighted by atomic mass is 19.4. The van der Waals surface area contributed by atoms with Gasteiger partial charge in [0.15, 0.2) is 0 Å². The lowest BCUT2D eigenvalue weighted by atomic mass is 10.0. The molecule has 1 aliphatic rings. The minimum absolute atomic E-state index is 0.0269. The number of nitrogens with zero attached hydrogens (tertiary/aromatic N) is 2. The van der Waals surface area contributed by atoms with Crippen LogP contribution >= 0.6 is 0 Å². The third-order valence-corrected chi connectivity index (χ3v) is 5.96. The lowest BCUT2D eigenvalue weighted by molar-refractivity contribution is -0.137. The van der Waals surface area contributed by atoms with E-state index >= 15 is 0 Å². The third-order valence-electron chi connectivity index (χ3n) is 5.96. The van der Waals surface area contributed by atoms with Crippen molar-refractivity contribution in [1.82, 2.24) is 10.2 Å². The quantitative estimate of drug-likeness (QED) is 0.499. The first-order valence-electron chi connectivity index (χ1n) is 11.1. The summed E-state index contributed by atoms with van der Waals surface area (Å²) in [6.07, 6.45) is 0.926. The largest absolute Gasteiger partial charge is 0.416 e. The van der Waals surface area contributed by atoms with Gasteiger partial charge in [0, 0.05) is 6.54 Å². The van der Waals surface area contributed by atoms with E-state index in [-0.39, 0.29) is 18.3 Å². The van der Waals surface area contributed by atoms with E-state index in [2.05, 4.69) is 42.3 Å². The van der Waals surface area contributed by atoms with Crippen LogP contribution in [0.5, 0.6) is 0 Å². The van der Waals surface area contributed by atoms with Gasteiger partial charge in [0.05, 0.1) is 23.4 Å². The van der Waals surface area contributed by atoms with Crippen molar-refractivity contribution in [3.05, 3.63) is 69.8 Å². The number of nitriles is 1. The van der Waals surface area contributed by atoms with Crippen LogP contribution < -0.4 is 5.32 Å². The fraction of sp³-hybridized carbons (Fsp3) is 0.480. The first-order valence-corrected chi connectivity index (χ1v) is 11.1. The van der Waals surface area contributed by atoms with Crippen LogP contribution in [0.15, 0.2) is 36.4 Å². The van der Waals surface area contributed by atoms with Crippen LogP contribution in [-0.2, 0) is 25.6 Å². The Labute approximate surface area is 182 Å². The second-order valence-electron chi connectivity index (χ2n) is 8.18. The summed E-state index contributed by atoms with van der Waals surface area (Å²) in [5.74, 6) is 0. The van der Waals surface area contributed by atoms with Gasteiger partial charge in [-0.05, 0) is 79.2 Å². The van der Waals surface area contributed by atoms with Crippen molar-refractivity contribution in [3.63, 3.8) is 0 Å². The molecule has 0 heterocycles. The second-order valence-corrected chi connectivity index (χ2v) is 8.18. The van der Waals surface area contributed by atoms with Crippen LogP contribution in [0, 0.1) is 11.3 Å². The molecule has 3 nitrogen and oxygen atoms in total. The van der Waals surface area contributed by atoms with Crippen LogP contribution in [0.2, 0.25) is 0 Å². The van der Waals surface area contributed by atoms with Gasteiger partial charge in [-0.1, -0.05) is 38.5 Å². The van der Waals surface area contributed by atoms with Gasteiger partial charge in [-0.25, -0.2) is 0 Å². The fourth-order valence-electron chi connectivity index (χ4n) is 4.29. The minimum atomic E-state index is -4.47. The Balaban J connectivity index is 1.88. The molecule has 1 atom stereocenters. The standard InChI is InChI=1S/C25H30F3N3/c1-3-5-11-31(4-2)24(22-10-9-20-7-6-8-21(20)15-22)30-17-19-12-18(16-29)13-23(14-19)25(26,27)28/h9-10,12-15,24,30H,3-8,11,17H2,1-2H3. The zero-order valence-corrected chi connectivity index (χ0v) is 18.2. The van der Waals surface area contributed by atoms with E-state index < -0.39 is 11.7 Å². The molecule has 0 spiro atoms. The fourth-order valence-corrected chi connectivity index (χ4v) is 4.29. The summed E-state index contributed by atoms with van der Waals surface area (Å²) in [6, 6.07) is 12.0. The van der Waals surface area contributed by atoms with Crippen LogP contribution in [0.1, 0.15) is 72.7 Å². The molecule has 2 aromatic rings. The SMILES string of the molecule is CCCCN(CC)C(NCc1cc(C#N)cc(C(F)(F)F)c1)c1ccc2c(c1)CCC2. The molecule has 0 fully saturated rings. The van der Waals surface area contributed by atoms with Gasteiger partial charge in [0.1, 0.15) is 0 Å². The van der Waals surface area contributed by atoms with E-state index in [1.807, 2.05) is 6.07 Å². The highest BCUT2D eigenvalue weighted by Gasteiger charge is 2.31. The number of halogens is 3. The van der Waals surface area contributed by atoms with Crippen molar-refractivity contribution >= 4 is 0 Å². The molecule has 0 bridgehead atoms. The van der Waals surface area contributed by atoms with E-state index in [1.54, 1.807) is 0 Å². The minimum Gasteiger partial charge on any atom is -0.294 e. The van der Waals surface area contributed by atoms with Gasteiger partial charge in [-0.3, -0.25) is 10.2 Å². The van der Waals surface area contributed by atoms with Crippen LogP contribution in [-0.4, -0.2) is 18.0 Å². The summed E-state index contributed by atoms with van der Waals surface area (Å²) in [7, 11) is 0. The second kappa shape index (κ2) is 10.3. The monoisotopic (exact) mass is 429 g/mol. The Kier molecular flexibility index (Phi) is 7.74. The molecule has 0 aromatic heterocycles. The smallest absolute Gasteiger partial charge is 0.294 e. The maximum Gasteiger partial charge on any atom is 0.416 e. The summed E-state index contributed by atoms with van der Waals surface area (Å²) >= 11 is 0. The van der Waals surface area contributed by atoms with E-state index in [9.17, 15) is 18.4 Å². The summed E-state index contributed by atoms with van der Waals surface area (Å²) in [4.78, 5) is 2.33. The molecule has 166 valence electrons. The van der Waals surface area contributed by atoms with Gasteiger partial charge < -0.3 is 0 Å². The summed E-state index contributed by atoms with van der Waals surface area (Å²) < 4.78 is 39.8. The average Bonchev–Trinajstić information content (AvgIpc) is 3.23. The van der Waals surface area contributed by atoms with Gasteiger partial charge >= 0.3 is 6.18 Å². The normalized spacial score (nSPS) is 14.5. The number of benzene rings is 2. The number of rotatable bonds is 9. The molecular formula is C25H30F3N3. The number of hydrogen-bond donors (Lipinski definition) is 1. The molecule has 6 heteroatoms. The molecule has 2 aromatic carbocycles. The van der Waals surface area contributed by atoms with Gasteiger partial charge in [0.25, 0.3) is 0 Å². The van der Waals surface area contributed by atoms with Gasteiger partial charge in [-0.2, -0.15) is 18.4 Å². The third kappa shape index (κ3) is 5.87. The predicted octanol–water partition coefficient (Wildman–Crippen LogP) is 5.98. The topological polar surface area (TPSA) is 39.1 Å². The van der Waals surface area contributed by atoms with Crippen LogP contribution in [0.3, 0.4) is 0 Å². The molecule has 1 unspecified atom stereocenters. The molecule has 31 heavy (non-hydrogen) atoms. The Morgan fingerprint density at radius 1 is 1.10 bits per heavy atom. The summed E-state index contributed by atoms with van der Waals surface area (Å²) in [6.45, 7) is 6.26. The Bertz CT molecular complexity index is 931. The first kappa shape index (κ1) is 23.3. The molecule has 3 rings (SSSR count). The maximum atomic E-state index is 13.3. The van der Waals surface area contributed by atoms with Gasteiger partial charge in [-0.15, -0.1) is 0 Å². The van der Waals surface area contributed by atoms with E-state index in [0.717, 1.165) is 56.5 Å². The molecule has 1 N–H and O–H groups in total. The number of unbranched alkanes of at least 4 members (excludes halogenated alkanes) is 1. The van der Waals surface area contributed by atoms with E-state index in [4.69, 9.17) is 0 Å². The lowest BCUT2D eigenvalue weighted by Crippen LogP contribution is -2.39. The van der Waals surface area contributed by atoms with Gasteiger partial charge in [0.2, 0.25) is 0 Å². The molecular weight excluding hydrogens is 399 g/mol. The van der Waals surface area contributed by atoms with Crippen molar-refractivity contribution in [3.8, 4) is 6.07 Å². The summed E-state index contributed by atoms with van der Waals surface area (Å²) in [5, 5.41) is 12.7. The van der Waals surface area contributed by atoms with E-state index in [1.165, 1.54) is 23.6 Å². The Morgan fingerprint density at radius 2 is 1.87 bits per heavy atom. The number of alkyl halides is 3. The maximum absolute atomic E-state index is 13.3. The van der Waals surface area contributed by atoms with Crippen molar-refractivity contribution < 1.29 is 13.2 Å². The number of aryl methyl sites for hydroxylation is 2. The Morgan fingerprint density at radius 3 is 2.55 bits per heavy atom. The molecule has 0 saturated heterocycles. The lowest BCUT2D eigenvalue weighted by Gasteiger charge is -2.32. The molecule has 0 saturated carbocycles. The highest BCUT2D eigenvalue weighted by molar-refractivity contribution is 5.39. The zero-order valence-electron chi connectivity index (χ0n) is 18.2. The predicted molar refractivity (Wildman–Crippen MR) is 116 cm³/mol. The highest BCUT2D eigenvalue weighted by Crippen LogP contribution is 2.31. The first-order chi connectivity index (χ1) is 14.9. The number of nitrogens with one attached hydrogen (secondary N) is 1. The average molecular weight is 430 g/mol. The molecule has 1 aliphatic carbocycles.